The van der Waals surface area contributed by atoms with Gasteiger partial charge in [0.1, 0.15) is 13.2 Å². The summed E-state index contributed by atoms with van der Waals surface area (Å²) in [7, 11) is 0. The Kier molecular flexibility index (Phi) is 6.84. The maximum absolute atomic E-state index is 13.1. The minimum atomic E-state index is -0.789. The molecule has 8 heteroatoms. The van der Waals surface area contributed by atoms with Crippen molar-refractivity contribution in [2.75, 3.05) is 25.1 Å². The van der Waals surface area contributed by atoms with E-state index in [9.17, 15) is 14.4 Å². The predicted octanol–water partition coefficient (Wildman–Crippen LogP) is 4.75. The molecule has 0 aliphatic carbocycles. The highest BCUT2D eigenvalue weighted by Crippen LogP contribution is 2.32. The number of anilines is 1. The molecule has 3 aromatic rings. The van der Waals surface area contributed by atoms with Crippen LogP contribution in [-0.4, -0.2) is 37.5 Å². The fourth-order valence-electron chi connectivity index (χ4n) is 3.66. The molecule has 1 aliphatic heterocycles. The quantitative estimate of drug-likeness (QED) is 0.405. The van der Waals surface area contributed by atoms with Crippen LogP contribution < -0.4 is 14.8 Å². The monoisotopic (exact) mass is 479 g/mol. The number of ketones is 1. The Labute approximate surface area is 201 Å². The van der Waals surface area contributed by atoms with Gasteiger partial charge in [0.15, 0.2) is 23.9 Å². The number of hydrogen-bond donors (Lipinski definition) is 1. The molecule has 174 valence electrons. The highest BCUT2D eigenvalue weighted by molar-refractivity contribution is 6.34. The number of amides is 1. The number of aryl methyl sites for hydroxylation is 2. The maximum Gasteiger partial charge on any atom is 0.339 e. The predicted molar refractivity (Wildman–Crippen MR) is 127 cm³/mol. The number of carbonyl (C=O) groups excluding carboxylic acids is 3. The Morgan fingerprint density at radius 1 is 0.941 bits per heavy atom. The summed E-state index contributed by atoms with van der Waals surface area (Å²) >= 11 is 6.22. The molecule has 0 radical (unpaired) electrons. The average Bonchev–Trinajstić information content (AvgIpc) is 2.84. The van der Waals surface area contributed by atoms with Crippen LogP contribution in [0.3, 0.4) is 0 Å². The van der Waals surface area contributed by atoms with Gasteiger partial charge in [-0.25, -0.2) is 4.79 Å². The molecule has 0 unspecified atom stereocenters. The number of ether oxygens (including phenoxy) is 3. The van der Waals surface area contributed by atoms with Gasteiger partial charge in [-0.05, 0) is 55.3 Å². The molecule has 0 spiro atoms. The van der Waals surface area contributed by atoms with Crippen LogP contribution in [0.5, 0.6) is 11.5 Å². The second kappa shape index (κ2) is 9.97. The highest BCUT2D eigenvalue weighted by atomic mass is 35.5. The summed E-state index contributed by atoms with van der Waals surface area (Å²) < 4.78 is 16.2. The Morgan fingerprint density at radius 3 is 2.38 bits per heavy atom. The maximum atomic E-state index is 13.1. The molecule has 0 saturated heterocycles. The van der Waals surface area contributed by atoms with E-state index in [0.29, 0.717) is 41.0 Å². The molecule has 34 heavy (non-hydrogen) atoms. The van der Waals surface area contributed by atoms with Crippen molar-refractivity contribution in [3.63, 3.8) is 0 Å². The molecule has 1 N–H and O–H groups in total. The van der Waals surface area contributed by atoms with Crippen molar-refractivity contribution in [3.8, 4) is 11.5 Å². The van der Waals surface area contributed by atoms with E-state index in [1.54, 1.807) is 36.4 Å². The Hall–Kier alpha value is -3.84. The van der Waals surface area contributed by atoms with Crippen LogP contribution in [0.2, 0.25) is 5.02 Å². The Morgan fingerprint density at radius 2 is 1.65 bits per heavy atom. The van der Waals surface area contributed by atoms with Gasteiger partial charge >= 0.3 is 5.97 Å². The lowest BCUT2D eigenvalue weighted by molar-refractivity contribution is -0.119. The molecule has 7 nitrogen and oxygen atoms in total. The number of nitrogens with one attached hydrogen (secondary N) is 1. The fourth-order valence-corrected chi connectivity index (χ4v) is 4.03. The smallest absolute Gasteiger partial charge is 0.339 e. The highest BCUT2D eigenvalue weighted by Gasteiger charge is 2.22. The van der Waals surface area contributed by atoms with E-state index in [1.807, 2.05) is 19.9 Å². The molecular formula is C26H22ClNO6. The first kappa shape index (κ1) is 23.3. The number of carbonyl (C=O) groups is 3. The molecule has 0 aromatic heterocycles. The van der Waals surface area contributed by atoms with E-state index < -0.39 is 18.5 Å². The number of rotatable bonds is 6. The van der Waals surface area contributed by atoms with Crippen molar-refractivity contribution in [1.29, 1.82) is 0 Å². The zero-order valence-corrected chi connectivity index (χ0v) is 19.4. The third kappa shape index (κ3) is 5.05. The van der Waals surface area contributed by atoms with E-state index in [4.69, 9.17) is 25.8 Å². The zero-order valence-electron chi connectivity index (χ0n) is 18.6. The fraction of sp³-hybridized carbons (Fsp3) is 0.192. The first-order valence-electron chi connectivity index (χ1n) is 10.6. The number of fused-ring (bicyclic) bond motifs is 1. The Balaban J connectivity index is 1.47. The van der Waals surface area contributed by atoms with Crippen molar-refractivity contribution in [2.45, 2.75) is 13.8 Å². The van der Waals surface area contributed by atoms with Gasteiger partial charge in [0.2, 0.25) is 0 Å². The van der Waals surface area contributed by atoms with Gasteiger partial charge < -0.3 is 19.5 Å². The van der Waals surface area contributed by atoms with Gasteiger partial charge in [0.05, 0.1) is 16.3 Å². The van der Waals surface area contributed by atoms with Crippen LogP contribution in [0.4, 0.5) is 5.69 Å². The van der Waals surface area contributed by atoms with Crippen LogP contribution in [0.25, 0.3) is 0 Å². The summed E-state index contributed by atoms with van der Waals surface area (Å²) in [4.78, 5) is 38.3. The molecule has 0 atom stereocenters. The van der Waals surface area contributed by atoms with Crippen LogP contribution >= 0.6 is 11.6 Å². The standard InChI is InChI=1S/C26H22ClNO6/c1-15-11-16(2)24(20(27)12-15)28-23(29)14-34-26(31)19-6-4-3-5-18(19)25(30)17-7-8-21-22(13-17)33-10-9-32-21/h3-8,11-13H,9-10,14H2,1-2H3,(H,28,29). The van der Waals surface area contributed by atoms with Crippen LogP contribution in [0, 0.1) is 13.8 Å². The molecule has 0 saturated carbocycles. The normalized spacial score (nSPS) is 12.1. The lowest BCUT2D eigenvalue weighted by Crippen LogP contribution is -2.22. The number of esters is 1. The van der Waals surface area contributed by atoms with E-state index in [0.717, 1.165) is 11.1 Å². The molecule has 3 aromatic carbocycles. The summed E-state index contributed by atoms with van der Waals surface area (Å²) in [6.07, 6.45) is 0. The molecule has 0 bridgehead atoms. The second-order valence-corrected chi connectivity index (χ2v) is 8.20. The second-order valence-electron chi connectivity index (χ2n) is 7.80. The van der Waals surface area contributed by atoms with Gasteiger partial charge in [-0.1, -0.05) is 35.9 Å². The van der Waals surface area contributed by atoms with Gasteiger partial charge in [0, 0.05) is 11.1 Å². The first-order chi connectivity index (χ1) is 16.3. The van der Waals surface area contributed by atoms with Gasteiger partial charge in [0.25, 0.3) is 5.91 Å². The van der Waals surface area contributed by atoms with E-state index in [-0.39, 0.29) is 16.9 Å². The van der Waals surface area contributed by atoms with Crippen LogP contribution in [0.15, 0.2) is 54.6 Å². The minimum absolute atomic E-state index is 0.0553. The van der Waals surface area contributed by atoms with Gasteiger partial charge in [-0.15, -0.1) is 0 Å². The van der Waals surface area contributed by atoms with E-state index in [2.05, 4.69) is 5.32 Å². The third-order valence-electron chi connectivity index (χ3n) is 5.23. The Bertz CT molecular complexity index is 1260. The van der Waals surface area contributed by atoms with Crippen molar-refractivity contribution < 1.29 is 28.6 Å². The molecule has 1 aliphatic rings. The zero-order chi connectivity index (χ0) is 24.2. The number of hydrogen-bond acceptors (Lipinski definition) is 6. The lowest BCUT2D eigenvalue weighted by Gasteiger charge is -2.18. The molecule has 1 amide bonds. The SMILES string of the molecule is Cc1cc(C)c(NC(=O)COC(=O)c2ccccc2C(=O)c2ccc3c(c2)OCCO3)c(Cl)c1. The largest absolute Gasteiger partial charge is 0.486 e. The first-order valence-corrected chi connectivity index (χ1v) is 11.0. The molecule has 4 rings (SSSR count). The van der Waals surface area contributed by atoms with Gasteiger partial charge in [-0.2, -0.15) is 0 Å². The van der Waals surface area contributed by atoms with Crippen molar-refractivity contribution >= 4 is 34.9 Å². The summed E-state index contributed by atoms with van der Waals surface area (Å²) in [5.41, 5.74) is 2.77. The molecule has 0 fully saturated rings. The average molecular weight is 480 g/mol. The summed E-state index contributed by atoms with van der Waals surface area (Å²) in [5, 5.41) is 3.06. The van der Waals surface area contributed by atoms with Crippen molar-refractivity contribution in [2.24, 2.45) is 0 Å². The summed E-state index contributed by atoms with van der Waals surface area (Å²) in [5.74, 6) is -0.679. The topological polar surface area (TPSA) is 90.9 Å². The van der Waals surface area contributed by atoms with E-state index in [1.165, 1.54) is 12.1 Å². The third-order valence-corrected chi connectivity index (χ3v) is 5.52. The summed E-state index contributed by atoms with van der Waals surface area (Å²) in [6, 6.07) is 14.7. The molecule has 1 heterocycles. The number of halogens is 1. The van der Waals surface area contributed by atoms with Crippen LogP contribution in [-0.2, 0) is 9.53 Å². The van der Waals surface area contributed by atoms with Crippen molar-refractivity contribution in [1.82, 2.24) is 0 Å². The minimum Gasteiger partial charge on any atom is -0.486 e. The van der Waals surface area contributed by atoms with E-state index >= 15 is 0 Å². The number of benzene rings is 3. The molecular weight excluding hydrogens is 458 g/mol. The van der Waals surface area contributed by atoms with Gasteiger partial charge in [-0.3, -0.25) is 9.59 Å². The van der Waals surface area contributed by atoms with Crippen molar-refractivity contribution in [3.05, 3.63) is 87.4 Å². The van der Waals surface area contributed by atoms with Crippen LogP contribution in [0.1, 0.15) is 37.4 Å². The summed E-state index contributed by atoms with van der Waals surface area (Å²) in [6.45, 7) is 4.02. The lowest BCUT2D eigenvalue weighted by atomic mass is 9.98.